The van der Waals surface area contributed by atoms with Gasteiger partial charge in [0, 0.05) is 28.1 Å². The summed E-state index contributed by atoms with van der Waals surface area (Å²) in [6, 6.07) is 8.33. The minimum absolute atomic E-state index is 0.403. The van der Waals surface area contributed by atoms with E-state index in [2.05, 4.69) is 49.7 Å². The summed E-state index contributed by atoms with van der Waals surface area (Å²) in [7, 11) is 0. The Hall–Kier alpha value is -0.840. The van der Waals surface area contributed by atoms with Crippen LogP contribution in [0.3, 0.4) is 0 Å². The number of hydrogen-bond acceptors (Lipinski definition) is 2. The summed E-state index contributed by atoms with van der Waals surface area (Å²) in [4.78, 5) is 5.69. The number of nitrogens with zero attached hydrogens (tertiary/aromatic N) is 2. The monoisotopic (exact) mass is 368 g/mol. The van der Waals surface area contributed by atoms with Crippen molar-refractivity contribution in [1.29, 1.82) is 0 Å². The molecule has 1 aromatic carbocycles. The summed E-state index contributed by atoms with van der Waals surface area (Å²) in [6.45, 7) is 0. The first-order valence-electron chi connectivity index (χ1n) is 6.46. The third-order valence-corrected chi connectivity index (χ3v) is 5.31. The van der Waals surface area contributed by atoms with Crippen LogP contribution < -0.4 is 0 Å². The van der Waals surface area contributed by atoms with E-state index < -0.39 is 0 Å². The Labute approximate surface area is 135 Å². The van der Waals surface area contributed by atoms with Crippen LogP contribution in [0.25, 0.3) is 4.96 Å². The minimum atomic E-state index is 0.403. The van der Waals surface area contributed by atoms with Crippen molar-refractivity contribution in [3.63, 3.8) is 0 Å². The molecule has 0 amide bonds. The highest BCUT2D eigenvalue weighted by atomic mass is 79.9. The van der Waals surface area contributed by atoms with Crippen LogP contribution in [0.15, 0.2) is 46.5 Å². The predicted molar refractivity (Wildman–Crippen MR) is 88.8 cm³/mol. The van der Waals surface area contributed by atoms with Crippen molar-refractivity contribution in [2.75, 3.05) is 5.88 Å². The average molecular weight is 370 g/mol. The van der Waals surface area contributed by atoms with Crippen LogP contribution in [-0.2, 0) is 12.8 Å². The molecule has 1 unspecified atom stereocenters. The minimum Gasteiger partial charge on any atom is -0.297 e. The van der Waals surface area contributed by atoms with Crippen molar-refractivity contribution in [2.45, 2.75) is 12.8 Å². The lowest BCUT2D eigenvalue weighted by Crippen LogP contribution is -2.10. The van der Waals surface area contributed by atoms with Gasteiger partial charge >= 0.3 is 0 Å². The van der Waals surface area contributed by atoms with E-state index in [4.69, 9.17) is 11.6 Å². The quantitative estimate of drug-likeness (QED) is 0.591. The van der Waals surface area contributed by atoms with Crippen LogP contribution in [0.5, 0.6) is 0 Å². The van der Waals surface area contributed by atoms with Crippen molar-refractivity contribution in [2.24, 2.45) is 5.92 Å². The SMILES string of the molecule is ClCC(Cc1cn2ccsc2n1)Cc1ccccc1Br. The molecule has 5 heteroatoms. The molecule has 0 aliphatic rings. The molecule has 3 aromatic rings. The van der Waals surface area contributed by atoms with Crippen molar-refractivity contribution < 1.29 is 0 Å². The Morgan fingerprint density at radius 3 is 2.90 bits per heavy atom. The molecule has 2 nitrogen and oxygen atoms in total. The molecule has 0 saturated heterocycles. The Morgan fingerprint density at radius 1 is 1.30 bits per heavy atom. The number of imidazole rings is 1. The van der Waals surface area contributed by atoms with Gasteiger partial charge in [-0.2, -0.15) is 0 Å². The second kappa shape index (κ2) is 6.29. The maximum absolute atomic E-state index is 6.15. The molecule has 0 aliphatic heterocycles. The van der Waals surface area contributed by atoms with Crippen LogP contribution in [0, 0.1) is 5.92 Å². The first-order valence-corrected chi connectivity index (χ1v) is 8.67. The molecule has 104 valence electrons. The summed E-state index contributed by atoms with van der Waals surface area (Å²) in [6.07, 6.45) is 6.03. The van der Waals surface area contributed by atoms with E-state index in [-0.39, 0.29) is 0 Å². The van der Waals surface area contributed by atoms with Crippen LogP contribution in [-0.4, -0.2) is 15.3 Å². The maximum Gasteiger partial charge on any atom is 0.193 e. The van der Waals surface area contributed by atoms with Gasteiger partial charge in [-0.15, -0.1) is 22.9 Å². The zero-order valence-electron chi connectivity index (χ0n) is 10.8. The first kappa shape index (κ1) is 14.1. The van der Waals surface area contributed by atoms with E-state index in [0.29, 0.717) is 11.8 Å². The second-order valence-corrected chi connectivity index (χ2v) is 6.88. The topological polar surface area (TPSA) is 17.3 Å². The lowest BCUT2D eigenvalue weighted by molar-refractivity contribution is 0.576. The highest BCUT2D eigenvalue weighted by molar-refractivity contribution is 9.10. The van der Waals surface area contributed by atoms with Crippen LogP contribution in [0.1, 0.15) is 11.3 Å². The van der Waals surface area contributed by atoms with Gasteiger partial charge in [0.05, 0.1) is 5.69 Å². The fourth-order valence-electron chi connectivity index (χ4n) is 2.33. The van der Waals surface area contributed by atoms with E-state index >= 15 is 0 Å². The van der Waals surface area contributed by atoms with Crippen molar-refractivity contribution in [3.05, 3.63) is 57.8 Å². The second-order valence-electron chi connectivity index (χ2n) is 4.85. The molecule has 0 N–H and O–H groups in total. The Balaban J connectivity index is 1.74. The van der Waals surface area contributed by atoms with Gasteiger partial charge < -0.3 is 0 Å². The van der Waals surface area contributed by atoms with Gasteiger partial charge in [-0.25, -0.2) is 4.98 Å². The molecule has 0 aliphatic carbocycles. The molecule has 20 heavy (non-hydrogen) atoms. The molecular formula is C15H14BrClN2S. The van der Waals surface area contributed by atoms with E-state index in [1.165, 1.54) is 5.56 Å². The van der Waals surface area contributed by atoms with Gasteiger partial charge in [-0.05, 0) is 30.4 Å². The standard InChI is InChI=1S/C15H14BrClN2S/c16-14-4-2-1-3-12(14)7-11(9-17)8-13-10-19-5-6-20-15(19)18-13/h1-6,10-11H,7-9H2. The fraction of sp³-hybridized carbons (Fsp3) is 0.267. The molecule has 0 spiro atoms. The number of thiazole rings is 1. The summed E-state index contributed by atoms with van der Waals surface area (Å²) in [5.41, 5.74) is 2.42. The normalized spacial score (nSPS) is 12.9. The van der Waals surface area contributed by atoms with Crippen molar-refractivity contribution in [1.82, 2.24) is 9.38 Å². The molecule has 3 rings (SSSR count). The lowest BCUT2D eigenvalue weighted by atomic mass is 9.97. The first-order chi connectivity index (χ1) is 9.76. The van der Waals surface area contributed by atoms with Crippen LogP contribution in [0.2, 0.25) is 0 Å². The van der Waals surface area contributed by atoms with Crippen molar-refractivity contribution >= 4 is 43.8 Å². The third-order valence-electron chi connectivity index (χ3n) is 3.33. The number of rotatable bonds is 5. The van der Waals surface area contributed by atoms with E-state index in [0.717, 1.165) is 28.0 Å². The zero-order chi connectivity index (χ0) is 13.9. The number of halogens is 2. The van der Waals surface area contributed by atoms with Crippen molar-refractivity contribution in [3.8, 4) is 0 Å². The van der Waals surface area contributed by atoms with Crippen LogP contribution >= 0.6 is 38.9 Å². The number of alkyl halides is 1. The smallest absolute Gasteiger partial charge is 0.193 e. The zero-order valence-corrected chi connectivity index (χ0v) is 14.0. The Kier molecular flexibility index (Phi) is 4.44. The van der Waals surface area contributed by atoms with Gasteiger partial charge in [-0.1, -0.05) is 34.1 Å². The summed E-state index contributed by atoms with van der Waals surface area (Å²) >= 11 is 11.4. The fourth-order valence-corrected chi connectivity index (χ4v) is 3.71. The molecule has 2 heterocycles. The molecule has 0 fully saturated rings. The van der Waals surface area contributed by atoms with E-state index in [1.807, 2.05) is 17.6 Å². The number of hydrogen-bond donors (Lipinski definition) is 0. The van der Waals surface area contributed by atoms with E-state index in [9.17, 15) is 0 Å². The molecule has 0 radical (unpaired) electrons. The Bertz CT molecular complexity index is 678. The molecule has 0 bridgehead atoms. The summed E-state index contributed by atoms with van der Waals surface area (Å²) in [5, 5.41) is 2.05. The van der Waals surface area contributed by atoms with Gasteiger partial charge in [0.1, 0.15) is 0 Å². The molecular weight excluding hydrogens is 356 g/mol. The highest BCUT2D eigenvalue weighted by Gasteiger charge is 2.14. The van der Waals surface area contributed by atoms with E-state index in [1.54, 1.807) is 11.3 Å². The number of fused-ring (bicyclic) bond motifs is 1. The predicted octanol–water partition coefficient (Wildman–Crippen LogP) is 4.80. The molecule has 0 saturated carbocycles. The Morgan fingerprint density at radius 2 is 2.15 bits per heavy atom. The van der Waals surface area contributed by atoms with Gasteiger partial charge in [0.2, 0.25) is 0 Å². The summed E-state index contributed by atoms with van der Waals surface area (Å²) in [5.74, 6) is 1.05. The van der Waals surface area contributed by atoms with Crippen LogP contribution in [0.4, 0.5) is 0 Å². The molecule has 2 aromatic heterocycles. The number of benzene rings is 1. The highest BCUT2D eigenvalue weighted by Crippen LogP contribution is 2.23. The molecule has 1 atom stereocenters. The average Bonchev–Trinajstić information content (AvgIpc) is 3.01. The lowest BCUT2D eigenvalue weighted by Gasteiger charge is -2.13. The third kappa shape index (κ3) is 3.08. The summed E-state index contributed by atoms with van der Waals surface area (Å²) < 4.78 is 3.23. The van der Waals surface area contributed by atoms with Gasteiger partial charge in [-0.3, -0.25) is 4.40 Å². The van der Waals surface area contributed by atoms with Gasteiger partial charge in [0.25, 0.3) is 0 Å². The number of aromatic nitrogens is 2. The van der Waals surface area contributed by atoms with Gasteiger partial charge in [0.15, 0.2) is 4.96 Å². The largest absolute Gasteiger partial charge is 0.297 e. The maximum atomic E-state index is 6.15.